The van der Waals surface area contributed by atoms with Crippen molar-refractivity contribution in [1.82, 2.24) is 5.43 Å². The van der Waals surface area contributed by atoms with Crippen molar-refractivity contribution < 1.29 is 23.7 Å². The number of carbonyl (C=O) groups is 1. The van der Waals surface area contributed by atoms with Crippen LogP contribution in [0.25, 0.3) is 0 Å². The van der Waals surface area contributed by atoms with Crippen molar-refractivity contribution in [2.24, 2.45) is 5.10 Å². The molecule has 1 heterocycles. The van der Waals surface area contributed by atoms with E-state index in [4.69, 9.17) is 42.1 Å². The van der Waals surface area contributed by atoms with Gasteiger partial charge in [0.2, 0.25) is 5.91 Å². The maximum atomic E-state index is 12.3. The van der Waals surface area contributed by atoms with E-state index < -0.39 is 0 Å². The molecule has 0 saturated heterocycles. The number of amides is 1. The van der Waals surface area contributed by atoms with Crippen molar-refractivity contribution in [3.63, 3.8) is 0 Å². The molecule has 9 heteroatoms. The molecule has 0 aliphatic carbocycles. The molecular weight excluding hydrogens is 491 g/mol. The van der Waals surface area contributed by atoms with Gasteiger partial charge < -0.3 is 18.9 Å². The molecule has 0 saturated carbocycles. The van der Waals surface area contributed by atoms with Crippen LogP contribution in [0.2, 0.25) is 10.0 Å². The Bertz CT molecular complexity index is 1220. The predicted octanol–water partition coefficient (Wildman–Crippen LogP) is 5.44. The van der Waals surface area contributed by atoms with Gasteiger partial charge in [-0.2, -0.15) is 5.10 Å². The second kappa shape index (κ2) is 11.8. The summed E-state index contributed by atoms with van der Waals surface area (Å²) in [4.78, 5) is 12.3. The first-order valence-electron chi connectivity index (χ1n) is 11.1. The van der Waals surface area contributed by atoms with Crippen LogP contribution in [-0.2, 0) is 17.8 Å². The van der Waals surface area contributed by atoms with Crippen molar-refractivity contribution in [1.29, 1.82) is 0 Å². The number of rotatable bonds is 9. The molecule has 0 aromatic heterocycles. The molecular formula is C26H24Cl2N2O5. The third-order valence-corrected chi connectivity index (χ3v) is 5.53. The Balaban J connectivity index is 1.38. The van der Waals surface area contributed by atoms with Gasteiger partial charge >= 0.3 is 0 Å². The summed E-state index contributed by atoms with van der Waals surface area (Å²) in [5, 5.41) is 5.08. The molecule has 0 bridgehead atoms. The summed E-state index contributed by atoms with van der Waals surface area (Å²) in [5.41, 5.74) is 4.92. The monoisotopic (exact) mass is 514 g/mol. The van der Waals surface area contributed by atoms with Gasteiger partial charge in [-0.1, -0.05) is 41.4 Å². The summed E-state index contributed by atoms with van der Waals surface area (Å²) < 4.78 is 22.7. The Hall–Kier alpha value is -3.42. The number of hydrogen-bond acceptors (Lipinski definition) is 6. The van der Waals surface area contributed by atoms with E-state index >= 15 is 0 Å². The number of benzene rings is 3. The predicted molar refractivity (Wildman–Crippen MR) is 135 cm³/mol. The second-order valence-electron chi connectivity index (χ2n) is 7.63. The van der Waals surface area contributed by atoms with E-state index in [1.54, 1.807) is 36.4 Å². The molecule has 0 radical (unpaired) electrons. The number of nitrogens with one attached hydrogen (secondary N) is 1. The lowest BCUT2D eigenvalue weighted by molar-refractivity contribution is -0.120. The first kappa shape index (κ1) is 24.7. The normalized spacial score (nSPS) is 12.4. The Kier molecular flexibility index (Phi) is 8.34. The van der Waals surface area contributed by atoms with E-state index in [0.29, 0.717) is 65.0 Å². The fourth-order valence-corrected chi connectivity index (χ4v) is 3.80. The van der Waals surface area contributed by atoms with E-state index in [0.717, 1.165) is 11.1 Å². The quantitative estimate of drug-likeness (QED) is 0.304. The van der Waals surface area contributed by atoms with E-state index in [-0.39, 0.29) is 12.3 Å². The summed E-state index contributed by atoms with van der Waals surface area (Å²) in [6.07, 6.45) is 1.65. The molecule has 1 aliphatic rings. The second-order valence-corrected chi connectivity index (χ2v) is 8.47. The topological polar surface area (TPSA) is 78.4 Å². The minimum atomic E-state index is -0.267. The number of carbonyl (C=O) groups excluding carboxylic acids is 1. The number of nitrogens with zero attached hydrogens (tertiary/aromatic N) is 1. The maximum absolute atomic E-state index is 12.3. The molecule has 0 atom stereocenters. The smallest absolute Gasteiger partial charge is 0.244 e. The van der Waals surface area contributed by atoms with Crippen molar-refractivity contribution in [3.05, 3.63) is 81.3 Å². The number of hydrogen-bond donors (Lipinski definition) is 1. The molecule has 0 fully saturated rings. The van der Waals surface area contributed by atoms with E-state index in [1.165, 1.54) is 6.21 Å². The average Bonchev–Trinajstić information content (AvgIpc) is 2.85. The Morgan fingerprint density at radius 1 is 1.00 bits per heavy atom. The zero-order chi connectivity index (χ0) is 24.6. The van der Waals surface area contributed by atoms with Gasteiger partial charge in [-0.15, -0.1) is 0 Å². The van der Waals surface area contributed by atoms with E-state index in [9.17, 15) is 4.79 Å². The third kappa shape index (κ3) is 6.81. The average molecular weight is 515 g/mol. The van der Waals surface area contributed by atoms with Crippen molar-refractivity contribution >= 4 is 35.3 Å². The Morgan fingerprint density at radius 2 is 1.74 bits per heavy atom. The van der Waals surface area contributed by atoms with Gasteiger partial charge in [-0.25, -0.2) is 5.43 Å². The molecule has 7 nitrogen and oxygen atoms in total. The Morgan fingerprint density at radius 3 is 2.51 bits per heavy atom. The summed E-state index contributed by atoms with van der Waals surface area (Å²) in [7, 11) is 0. The molecule has 0 spiro atoms. The van der Waals surface area contributed by atoms with Gasteiger partial charge in [0.1, 0.15) is 19.8 Å². The van der Waals surface area contributed by atoms with Gasteiger partial charge in [0.15, 0.2) is 23.0 Å². The van der Waals surface area contributed by atoms with Crippen LogP contribution in [-0.4, -0.2) is 31.9 Å². The van der Waals surface area contributed by atoms with E-state index in [2.05, 4.69) is 10.5 Å². The third-order valence-electron chi connectivity index (χ3n) is 5.00. The standard InChI is InChI=1S/C26H24Cl2N2O5/c1-2-32-24-13-19(11-21(28)26(24)35-16-17-3-6-20(27)7-4-17)15-29-30-25(31)14-18-5-8-22-23(12-18)34-10-9-33-22/h3-8,11-13,15H,2,9-10,14,16H2,1H3,(H,30,31)/b29-15+. The SMILES string of the molecule is CCOc1cc(/C=N/NC(=O)Cc2ccc3c(c2)OCCO3)cc(Cl)c1OCc1ccc(Cl)cc1. The van der Waals surface area contributed by atoms with Gasteiger partial charge in [0.25, 0.3) is 0 Å². The first-order valence-corrected chi connectivity index (χ1v) is 11.8. The summed E-state index contributed by atoms with van der Waals surface area (Å²) in [6.45, 7) is 3.62. The van der Waals surface area contributed by atoms with Crippen molar-refractivity contribution in [2.45, 2.75) is 20.0 Å². The maximum Gasteiger partial charge on any atom is 0.244 e. The van der Waals surface area contributed by atoms with Crippen LogP contribution in [0.1, 0.15) is 23.6 Å². The van der Waals surface area contributed by atoms with Gasteiger partial charge in [-0.05, 0) is 60.0 Å². The lowest BCUT2D eigenvalue weighted by Crippen LogP contribution is -2.20. The lowest BCUT2D eigenvalue weighted by Gasteiger charge is -2.18. The fourth-order valence-electron chi connectivity index (χ4n) is 3.40. The number of hydrazone groups is 1. The number of halogens is 2. The van der Waals surface area contributed by atoms with Crippen LogP contribution in [0.4, 0.5) is 0 Å². The fraction of sp³-hybridized carbons (Fsp3) is 0.231. The lowest BCUT2D eigenvalue weighted by atomic mass is 10.1. The minimum absolute atomic E-state index is 0.149. The number of ether oxygens (including phenoxy) is 4. The highest BCUT2D eigenvalue weighted by molar-refractivity contribution is 6.32. The highest BCUT2D eigenvalue weighted by Gasteiger charge is 2.14. The molecule has 1 aliphatic heterocycles. The molecule has 182 valence electrons. The van der Waals surface area contributed by atoms with Crippen LogP contribution in [0.3, 0.4) is 0 Å². The van der Waals surface area contributed by atoms with E-state index in [1.807, 2.05) is 25.1 Å². The number of fused-ring (bicyclic) bond motifs is 1. The largest absolute Gasteiger partial charge is 0.490 e. The molecule has 1 amide bonds. The van der Waals surface area contributed by atoms with Gasteiger partial charge in [0, 0.05) is 5.02 Å². The molecule has 0 unspecified atom stereocenters. The first-order chi connectivity index (χ1) is 17.0. The van der Waals surface area contributed by atoms with Crippen LogP contribution < -0.4 is 24.4 Å². The molecule has 3 aromatic rings. The van der Waals surface area contributed by atoms with Crippen molar-refractivity contribution in [3.8, 4) is 23.0 Å². The molecule has 3 aromatic carbocycles. The summed E-state index contributed by atoms with van der Waals surface area (Å²) >= 11 is 12.4. The zero-order valence-corrected chi connectivity index (χ0v) is 20.6. The summed E-state index contributed by atoms with van der Waals surface area (Å²) in [5.74, 6) is 1.97. The Labute approximate surface area is 213 Å². The minimum Gasteiger partial charge on any atom is -0.490 e. The van der Waals surface area contributed by atoms with Crippen molar-refractivity contribution in [2.75, 3.05) is 19.8 Å². The molecule has 4 rings (SSSR count). The van der Waals surface area contributed by atoms with Crippen LogP contribution in [0, 0.1) is 0 Å². The highest BCUT2D eigenvalue weighted by atomic mass is 35.5. The zero-order valence-electron chi connectivity index (χ0n) is 19.1. The summed E-state index contributed by atoms with van der Waals surface area (Å²) in [6, 6.07) is 16.2. The molecule has 35 heavy (non-hydrogen) atoms. The highest BCUT2D eigenvalue weighted by Crippen LogP contribution is 2.37. The van der Waals surface area contributed by atoms with Crippen LogP contribution >= 0.6 is 23.2 Å². The molecule has 1 N–H and O–H groups in total. The van der Waals surface area contributed by atoms with Crippen LogP contribution in [0.5, 0.6) is 23.0 Å². The van der Waals surface area contributed by atoms with Gasteiger partial charge in [-0.3, -0.25) is 4.79 Å². The van der Waals surface area contributed by atoms with Crippen LogP contribution in [0.15, 0.2) is 59.7 Å². The van der Waals surface area contributed by atoms with Gasteiger partial charge in [0.05, 0.1) is 24.3 Å².